The van der Waals surface area contributed by atoms with Crippen LogP contribution in [0, 0.1) is 0 Å². The molecule has 1 fully saturated rings. The smallest absolute Gasteiger partial charge is 0.251 e. The SMILES string of the molecule is O=S(=O)(NCCCc1c[nH]c2ccc(Cl)cc12)c1cnc(NCCCN2CCNCC2)s1. The number of benzene rings is 1. The summed E-state index contributed by atoms with van der Waals surface area (Å²) in [5, 5.41) is 9.00. The highest BCUT2D eigenvalue weighted by Gasteiger charge is 2.17. The van der Waals surface area contributed by atoms with Crippen LogP contribution in [0.2, 0.25) is 5.02 Å². The molecular weight excluding hydrogens is 468 g/mol. The molecule has 0 amide bonds. The van der Waals surface area contributed by atoms with E-state index in [9.17, 15) is 8.42 Å². The first-order valence-electron chi connectivity index (χ1n) is 10.9. The molecule has 1 aliphatic rings. The number of rotatable bonds is 11. The van der Waals surface area contributed by atoms with Gasteiger partial charge in [-0.2, -0.15) is 0 Å². The Labute approximate surface area is 197 Å². The van der Waals surface area contributed by atoms with Gasteiger partial charge >= 0.3 is 0 Å². The third-order valence-corrected chi connectivity index (χ3v) is 8.64. The number of halogens is 1. The number of hydrogen-bond acceptors (Lipinski definition) is 7. The second kappa shape index (κ2) is 11.0. The van der Waals surface area contributed by atoms with Gasteiger partial charge in [-0.1, -0.05) is 22.9 Å². The summed E-state index contributed by atoms with van der Waals surface area (Å²) in [6, 6.07) is 5.73. The molecule has 1 aromatic carbocycles. The fourth-order valence-corrected chi connectivity index (χ4v) is 6.16. The van der Waals surface area contributed by atoms with Gasteiger partial charge in [0.2, 0.25) is 0 Å². The first-order chi connectivity index (χ1) is 15.5. The van der Waals surface area contributed by atoms with Crippen LogP contribution in [-0.4, -0.2) is 69.1 Å². The summed E-state index contributed by atoms with van der Waals surface area (Å²) in [6.07, 6.45) is 5.82. The third-order valence-electron chi connectivity index (χ3n) is 5.53. The normalized spacial score (nSPS) is 15.4. The van der Waals surface area contributed by atoms with E-state index >= 15 is 0 Å². The minimum Gasteiger partial charge on any atom is -0.361 e. The number of aryl methyl sites for hydroxylation is 1. The van der Waals surface area contributed by atoms with Crippen molar-refractivity contribution in [3.8, 4) is 0 Å². The van der Waals surface area contributed by atoms with E-state index in [0.717, 1.165) is 68.6 Å². The number of H-pyrrole nitrogens is 1. The Balaban J connectivity index is 1.20. The predicted molar refractivity (Wildman–Crippen MR) is 131 cm³/mol. The first kappa shape index (κ1) is 23.5. The van der Waals surface area contributed by atoms with Crippen molar-refractivity contribution in [1.82, 2.24) is 24.9 Å². The maximum Gasteiger partial charge on any atom is 0.251 e. The number of nitrogens with zero attached hydrogens (tertiary/aromatic N) is 2. The van der Waals surface area contributed by atoms with Crippen LogP contribution in [0.1, 0.15) is 18.4 Å². The van der Waals surface area contributed by atoms with Gasteiger partial charge in [-0.25, -0.2) is 18.1 Å². The minimum atomic E-state index is -3.56. The molecule has 3 aromatic rings. The van der Waals surface area contributed by atoms with Crippen molar-refractivity contribution in [1.29, 1.82) is 0 Å². The molecule has 0 atom stereocenters. The molecule has 0 unspecified atom stereocenters. The summed E-state index contributed by atoms with van der Waals surface area (Å²) in [7, 11) is -3.56. The number of aromatic amines is 1. The fraction of sp³-hybridized carbons (Fsp3) is 0.476. The van der Waals surface area contributed by atoms with Gasteiger partial charge in [0, 0.05) is 61.4 Å². The number of anilines is 1. The molecule has 0 aliphatic carbocycles. The van der Waals surface area contributed by atoms with Gasteiger partial charge < -0.3 is 20.5 Å². The molecule has 0 radical (unpaired) electrons. The van der Waals surface area contributed by atoms with Gasteiger partial charge in [-0.3, -0.25) is 0 Å². The molecule has 4 N–H and O–H groups in total. The average Bonchev–Trinajstić information content (AvgIpc) is 3.43. The van der Waals surface area contributed by atoms with Crippen molar-refractivity contribution in [3.63, 3.8) is 0 Å². The monoisotopic (exact) mass is 496 g/mol. The molecule has 4 rings (SSSR count). The van der Waals surface area contributed by atoms with Crippen LogP contribution < -0.4 is 15.4 Å². The van der Waals surface area contributed by atoms with Gasteiger partial charge in [-0.05, 0) is 49.6 Å². The number of nitrogens with one attached hydrogen (secondary N) is 4. The Bertz CT molecular complexity index is 1120. The second-order valence-corrected chi connectivity index (χ2v) is 11.3. The summed E-state index contributed by atoms with van der Waals surface area (Å²) in [5.74, 6) is 0. The molecule has 174 valence electrons. The number of fused-ring (bicyclic) bond motifs is 1. The minimum absolute atomic E-state index is 0.237. The van der Waals surface area contributed by atoms with Crippen molar-refractivity contribution in [3.05, 3.63) is 41.2 Å². The van der Waals surface area contributed by atoms with E-state index < -0.39 is 10.0 Å². The van der Waals surface area contributed by atoms with Crippen LogP contribution in [0.15, 0.2) is 34.8 Å². The summed E-state index contributed by atoms with van der Waals surface area (Å²) >= 11 is 7.26. The zero-order valence-corrected chi connectivity index (χ0v) is 20.3. The lowest BCUT2D eigenvalue weighted by atomic mass is 10.1. The van der Waals surface area contributed by atoms with E-state index in [0.29, 0.717) is 23.1 Å². The summed E-state index contributed by atoms with van der Waals surface area (Å²) in [5.41, 5.74) is 2.16. The van der Waals surface area contributed by atoms with Gasteiger partial charge in [-0.15, -0.1) is 0 Å². The van der Waals surface area contributed by atoms with E-state index in [-0.39, 0.29) is 4.21 Å². The van der Waals surface area contributed by atoms with E-state index in [1.807, 2.05) is 24.4 Å². The third kappa shape index (κ3) is 6.21. The number of sulfonamides is 1. The van der Waals surface area contributed by atoms with E-state index in [1.54, 1.807) is 0 Å². The van der Waals surface area contributed by atoms with Gasteiger partial charge in [0.1, 0.15) is 0 Å². The number of piperazine rings is 1. The lowest BCUT2D eigenvalue weighted by Crippen LogP contribution is -2.44. The summed E-state index contributed by atoms with van der Waals surface area (Å²) < 4.78 is 28.1. The highest BCUT2D eigenvalue weighted by Crippen LogP contribution is 2.24. The standard InChI is InChI=1S/C21H29ClN6O2S2/c22-17-4-5-19-18(13-17)16(14-25-19)3-1-7-27-32(29,30)20-15-26-21(31-20)24-6-2-10-28-11-8-23-9-12-28/h4-5,13-15,23,25,27H,1-3,6-12H2,(H,24,26). The van der Waals surface area contributed by atoms with Gasteiger partial charge in [0.05, 0.1) is 6.20 Å². The van der Waals surface area contributed by atoms with E-state index in [2.05, 4.69) is 30.2 Å². The van der Waals surface area contributed by atoms with E-state index in [4.69, 9.17) is 11.6 Å². The molecular formula is C21H29ClN6O2S2. The van der Waals surface area contributed by atoms with Gasteiger partial charge in [0.25, 0.3) is 10.0 Å². The highest BCUT2D eigenvalue weighted by atomic mass is 35.5. The Morgan fingerprint density at radius 2 is 2.03 bits per heavy atom. The Morgan fingerprint density at radius 1 is 1.19 bits per heavy atom. The highest BCUT2D eigenvalue weighted by molar-refractivity contribution is 7.91. The number of thiazole rings is 1. The molecule has 2 aromatic heterocycles. The predicted octanol–water partition coefficient (Wildman–Crippen LogP) is 2.90. The molecule has 0 spiro atoms. The largest absolute Gasteiger partial charge is 0.361 e. The van der Waals surface area contributed by atoms with Crippen LogP contribution in [0.5, 0.6) is 0 Å². The molecule has 32 heavy (non-hydrogen) atoms. The van der Waals surface area contributed by atoms with Crippen LogP contribution in [-0.2, 0) is 16.4 Å². The molecule has 11 heteroatoms. The molecule has 0 bridgehead atoms. The zero-order valence-electron chi connectivity index (χ0n) is 17.9. The Hall–Kier alpha value is -1.69. The van der Waals surface area contributed by atoms with Crippen LogP contribution in [0.25, 0.3) is 10.9 Å². The quantitative estimate of drug-likeness (QED) is 0.304. The van der Waals surface area contributed by atoms with E-state index in [1.165, 1.54) is 17.5 Å². The summed E-state index contributed by atoms with van der Waals surface area (Å²) in [4.78, 5) is 9.89. The second-order valence-electron chi connectivity index (χ2n) is 7.86. The zero-order chi connectivity index (χ0) is 22.4. The maximum atomic E-state index is 12.6. The maximum absolute atomic E-state index is 12.6. The van der Waals surface area contributed by atoms with Crippen molar-refractivity contribution < 1.29 is 8.42 Å². The van der Waals surface area contributed by atoms with Crippen LogP contribution in [0.3, 0.4) is 0 Å². The lowest BCUT2D eigenvalue weighted by Gasteiger charge is -2.26. The number of aromatic nitrogens is 2. The Kier molecular flexibility index (Phi) is 8.03. The number of hydrogen-bond donors (Lipinski definition) is 4. The van der Waals surface area contributed by atoms with Crippen LogP contribution >= 0.6 is 22.9 Å². The summed E-state index contributed by atoms with van der Waals surface area (Å²) in [6.45, 7) is 6.43. The molecule has 0 saturated carbocycles. The Morgan fingerprint density at radius 3 is 2.88 bits per heavy atom. The molecule has 1 aliphatic heterocycles. The lowest BCUT2D eigenvalue weighted by molar-refractivity contribution is 0.240. The molecule has 3 heterocycles. The van der Waals surface area contributed by atoms with Gasteiger partial charge in [0.15, 0.2) is 9.34 Å². The molecule has 1 saturated heterocycles. The molecule has 8 nitrogen and oxygen atoms in total. The topological polar surface area (TPSA) is 102 Å². The van der Waals surface area contributed by atoms with Crippen molar-refractivity contribution >= 4 is 49.0 Å². The van der Waals surface area contributed by atoms with Crippen molar-refractivity contribution in [2.45, 2.75) is 23.5 Å². The van der Waals surface area contributed by atoms with Crippen molar-refractivity contribution in [2.24, 2.45) is 0 Å². The first-order valence-corrected chi connectivity index (χ1v) is 13.6. The van der Waals surface area contributed by atoms with Crippen molar-refractivity contribution in [2.75, 3.05) is 51.1 Å². The average molecular weight is 497 g/mol. The van der Waals surface area contributed by atoms with Crippen LogP contribution in [0.4, 0.5) is 5.13 Å². The fourth-order valence-electron chi connectivity index (χ4n) is 3.81.